The van der Waals surface area contributed by atoms with Crippen LogP contribution >= 0.6 is 27.7 Å². The number of benzene rings is 2. The van der Waals surface area contributed by atoms with E-state index < -0.39 is 0 Å². The van der Waals surface area contributed by atoms with Crippen molar-refractivity contribution < 1.29 is 14.1 Å². The summed E-state index contributed by atoms with van der Waals surface area (Å²) in [5.74, 6) is 1.76. The Morgan fingerprint density at radius 1 is 1.38 bits per heavy atom. The molecule has 0 radical (unpaired) electrons. The molecule has 1 saturated heterocycles. The Hall–Kier alpha value is -1.99. The highest BCUT2D eigenvalue weighted by Gasteiger charge is 2.31. The summed E-state index contributed by atoms with van der Waals surface area (Å²) in [4.78, 5) is 14.9. The number of amides is 1. The number of aromatic nitrogens is 1. The zero-order valence-corrected chi connectivity index (χ0v) is 16.5. The standard InChI is InChI=1S/C19H17BrN2O3S/c1-24-17-7-6-12(10-14(17)20)19-22(8-9-26-19)18(23)11-15-13-4-2-3-5-16(13)25-21-15/h2-7,10,19H,8-9,11H2,1H3. The van der Waals surface area contributed by atoms with Gasteiger partial charge in [-0.25, -0.2) is 0 Å². The topological polar surface area (TPSA) is 55.6 Å². The van der Waals surface area contributed by atoms with Crippen molar-refractivity contribution in [1.82, 2.24) is 10.1 Å². The van der Waals surface area contributed by atoms with Crippen LogP contribution in [0.25, 0.3) is 11.0 Å². The van der Waals surface area contributed by atoms with E-state index in [-0.39, 0.29) is 17.7 Å². The molecule has 0 spiro atoms. The second-order valence-corrected chi connectivity index (χ2v) is 8.05. The molecule has 7 heteroatoms. The van der Waals surface area contributed by atoms with Crippen LogP contribution in [-0.4, -0.2) is 35.4 Å². The highest BCUT2D eigenvalue weighted by Crippen LogP contribution is 2.40. The quantitative estimate of drug-likeness (QED) is 0.610. The first-order chi connectivity index (χ1) is 12.7. The normalized spacial score (nSPS) is 17.0. The molecule has 1 aliphatic rings. The molecule has 1 fully saturated rings. The van der Waals surface area contributed by atoms with Crippen molar-refractivity contribution in [2.45, 2.75) is 11.8 Å². The summed E-state index contributed by atoms with van der Waals surface area (Å²) < 4.78 is 11.5. The van der Waals surface area contributed by atoms with Crippen LogP contribution < -0.4 is 4.74 Å². The third-order valence-corrected chi connectivity index (χ3v) is 6.32. The van der Waals surface area contributed by atoms with E-state index in [2.05, 4.69) is 21.1 Å². The smallest absolute Gasteiger partial charge is 0.229 e. The van der Waals surface area contributed by atoms with Crippen LogP contribution in [-0.2, 0) is 11.2 Å². The molecule has 26 heavy (non-hydrogen) atoms. The lowest BCUT2D eigenvalue weighted by atomic mass is 10.1. The summed E-state index contributed by atoms with van der Waals surface area (Å²) >= 11 is 5.30. The van der Waals surface area contributed by atoms with Crippen molar-refractivity contribution in [2.24, 2.45) is 0 Å². The Kier molecular flexibility index (Phi) is 4.91. The molecule has 2 heterocycles. The first kappa shape index (κ1) is 17.4. The lowest BCUT2D eigenvalue weighted by Crippen LogP contribution is -2.31. The van der Waals surface area contributed by atoms with Crippen LogP contribution in [0.3, 0.4) is 0 Å². The van der Waals surface area contributed by atoms with Gasteiger partial charge in [0.15, 0.2) is 5.58 Å². The minimum absolute atomic E-state index is 0.00266. The number of carbonyl (C=O) groups excluding carboxylic acids is 1. The molecule has 134 valence electrons. The average Bonchev–Trinajstić information content (AvgIpc) is 3.29. The highest BCUT2D eigenvalue weighted by atomic mass is 79.9. The van der Waals surface area contributed by atoms with Crippen LogP contribution in [0.1, 0.15) is 16.6 Å². The summed E-state index contributed by atoms with van der Waals surface area (Å²) in [6.45, 7) is 0.730. The summed E-state index contributed by atoms with van der Waals surface area (Å²) in [5.41, 5.74) is 2.48. The lowest BCUT2D eigenvalue weighted by molar-refractivity contribution is -0.130. The number of hydrogen-bond acceptors (Lipinski definition) is 5. The fraction of sp³-hybridized carbons (Fsp3) is 0.263. The van der Waals surface area contributed by atoms with E-state index in [1.165, 1.54) is 0 Å². The fourth-order valence-corrected chi connectivity index (χ4v) is 4.97. The summed E-state index contributed by atoms with van der Waals surface area (Å²) in [7, 11) is 1.64. The largest absolute Gasteiger partial charge is 0.496 e. The van der Waals surface area contributed by atoms with E-state index in [9.17, 15) is 4.79 Å². The van der Waals surface area contributed by atoms with Gasteiger partial charge in [-0.2, -0.15) is 0 Å². The van der Waals surface area contributed by atoms with E-state index in [0.717, 1.165) is 33.5 Å². The van der Waals surface area contributed by atoms with Crippen LogP contribution in [0.2, 0.25) is 0 Å². The number of thioether (sulfide) groups is 1. The van der Waals surface area contributed by atoms with Gasteiger partial charge in [-0.05, 0) is 45.8 Å². The Labute approximate surface area is 163 Å². The van der Waals surface area contributed by atoms with E-state index >= 15 is 0 Å². The van der Waals surface area contributed by atoms with Crippen molar-refractivity contribution in [2.75, 3.05) is 19.4 Å². The third-order valence-electron chi connectivity index (χ3n) is 4.44. The summed E-state index contributed by atoms with van der Waals surface area (Å²) in [6.07, 6.45) is 0.241. The van der Waals surface area contributed by atoms with Gasteiger partial charge in [0, 0.05) is 17.7 Å². The zero-order valence-electron chi connectivity index (χ0n) is 14.1. The molecule has 2 aromatic carbocycles. The van der Waals surface area contributed by atoms with Gasteiger partial charge in [-0.15, -0.1) is 11.8 Å². The second-order valence-electron chi connectivity index (χ2n) is 6.01. The van der Waals surface area contributed by atoms with Gasteiger partial charge in [-0.3, -0.25) is 4.79 Å². The SMILES string of the molecule is COc1ccc(C2SCCN2C(=O)Cc2noc3ccccc23)cc1Br. The molecule has 1 unspecified atom stereocenters. The molecule has 4 rings (SSSR count). The molecule has 1 aliphatic heterocycles. The minimum Gasteiger partial charge on any atom is -0.496 e. The zero-order chi connectivity index (χ0) is 18.1. The second kappa shape index (κ2) is 7.32. The van der Waals surface area contributed by atoms with Crippen molar-refractivity contribution in [1.29, 1.82) is 0 Å². The highest BCUT2D eigenvalue weighted by molar-refractivity contribution is 9.10. The first-order valence-electron chi connectivity index (χ1n) is 8.25. The van der Waals surface area contributed by atoms with E-state index in [0.29, 0.717) is 11.3 Å². The molecular weight excluding hydrogens is 416 g/mol. The molecular formula is C19H17BrN2O3S. The summed E-state index contributed by atoms with van der Waals surface area (Å²) in [6, 6.07) is 13.6. The van der Waals surface area contributed by atoms with Gasteiger partial charge in [0.25, 0.3) is 0 Å². The maximum atomic E-state index is 12.9. The molecule has 0 bridgehead atoms. The number of rotatable bonds is 4. The average molecular weight is 433 g/mol. The number of methoxy groups -OCH3 is 1. The predicted octanol–water partition coefficient (Wildman–Crippen LogP) is 4.42. The molecule has 1 atom stereocenters. The van der Waals surface area contributed by atoms with Gasteiger partial charge < -0.3 is 14.2 Å². The maximum absolute atomic E-state index is 12.9. The molecule has 3 aromatic rings. The Morgan fingerprint density at radius 2 is 2.23 bits per heavy atom. The predicted molar refractivity (Wildman–Crippen MR) is 105 cm³/mol. The summed E-state index contributed by atoms with van der Waals surface area (Å²) in [5, 5.41) is 4.99. The number of halogens is 1. The van der Waals surface area contributed by atoms with Gasteiger partial charge >= 0.3 is 0 Å². The number of nitrogens with zero attached hydrogens (tertiary/aromatic N) is 2. The van der Waals surface area contributed by atoms with Gasteiger partial charge in [0.05, 0.1) is 18.0 Å². The van der Waals surface area contributed by atoms with Gasteiger partial charge in [-0.1, -0.05) is 23.4 Å². The molecule has 1 amide bonds. The number of carbonyl (C=O) groups is 1. The van der Waals surface area contributed by atoms with Gasteiger partial charge in [0.2, 0.25) is 5.91 Å². The van der Waals surface area contributed by atoms with Crippen molar-refractivity contribution in [3.63, 3.8) is 0 Å². The molecule has 5 nitrogen and oxygen atoms in total. The number of fused-ring (bicyclic) bond motifs is 1. The van der Waals surface area contributed by atoms with Crippen molar-refractivity contribution in [3.8, 4) is 5.75 Å². The van der Waals surface area contributed by atoms with Crippen molar-refractivity contribution in [3.05, 3.63) is 58.2 Å². The molecule has 0 N–H and O–H groups in total. The minimum atomic E-state index is 0.00266. The van der Waals surface area contributed by atoms with Crippen LogP contribution in [0.4, 0.5) is 0 Å². The fourth-order valence-electron chi connectivity index (χ4n) is 3.15. The lowest BCUT2D eigenvalue weighted by Gasteiger charge is -2.24. The van der Waals surface area contributed by atoms with E-state index in [4.69, 9.17) is 9.26 Å². The molecule has 0 saturated carbocycles. The maximum Gasteiger partial charge on any atom is 0.229 e. The van der Waals surface area contributed by atoms with E-state index in [1.807, 2.05) is 47.4 Å². The number of ether oxygens (including phenoxy) is 1. The van der Waals surface area contributed by atoms with E-state index in [1.54, 1.807) is 18.9 Å². The third kappa shape index (κ3) is 3.21. The number of para-hydroxylation sites is 1. The Morgan fingerprint density at radius 3 is 3.04 bits per heavy atom. The first-order valence-corrected chi connectivity index (χ1v) is 10.1. The van der Waals surface area contributed by atoms with Crippen molar-refractivity contribution >= 4 is 44.6 Å². The van der Waals surface area contributed by atoms with Crippen LogP contribution in [0.5, 0.6) is 5.75 Å². The van der Waals surface area contributed by atoms with Crippen LogP contribution in [0, 0.1) is 0 Å². The monoisotopic (exact) mass is 432 g/mol. The van der Waals surface area contributed by atoms with Crippen LogP contribution in [0.15, 0.2) is 51.5 Å². The molecule has 1 aromatic heterocycles. The van der Waals surface area contributed by atoms with Gasteiger partial charge in [0.1, 0.15) is 16.8 Å². The molecule has 0 aliphatic carbocycles. The number of hydrogen-bond donors (Lipinski definition) is 0. The Balaban J connectivity index is 1.56. The Bertz CT molecular complexity index is 959.